The lowest BCUT2D eigenvalue weighted by Crippen LogP contribution is -2.06. The Bertz CT molecular complexity index is 635. The SMILES string of the molecule is O=C(O)c1ccccc1SCCCCCCOC1=CC=CCC1=S. The summed E-state index contributed by atoms with van der Waals surface area (Å²) in [6, 6.07) is 7.17. The van der Waals surface area contributed by atoms with Crippen LogP contribution >= 0.6 is 24.0 Å². The number of carboxylic acid groups (broad SMARTS) is 1. The van der Waals surface area contributed by atoms with Crippen LogP contribution in [0.3, 0.4) is 0 Å². The number of thioether (sulfide) groups is 1. The predicted molar refractivity (Wildman–Crippen MR) is 103 cm³/mol. The molecule has 1 aromatic carbocycles. The average Bonchev–Trinajstić information content (AvgIpc) is 2.59. The van der Waals surface area contributed by atoms with Crippen molar-refractivity contribution in [2.75, 3.05) is 12.4 Å². The molecule has 0 heterocycles. The molecule has 0 radical (unpaired) electrons. The van der Waals surface area contributed by atoms with Gasteiger partial charge in [0.2, 0.25) is 0 Å². The zero-order chi connectivity index (χ0) is 17.2. The van der Waals surface area contributed by atoms with Crippen LogP contribution in [0.5, 0.6) is 0 Å². The third-order valence-corrected chi connectivity index (χ3v) is 5.16. The zero-order valence-electron chi connectivity index (χ0n) is 13.6. The number of rotatable bonds is 10. The van der Waals surface area contributed by atoms with Crippen LogP contribution in [0.4, 0.5) is 0 Å². The fraction of sp³-hybridized carbons (Fsp3) is 0.368. The number of benzene rings is 1. The summed E-state index contributed by atoms with van der Waals surface area (Å²) in [6.07, 6.45) is 11.1. The summed E-state index contributed by atoms with van der Waals surface area (Å²) in [4.78, 5) is 12.9. The van der Waals surface area contributed by atoms with Crippen LogP contribution in [0.25, 0.3) is 0 Å². The largest absolute Gasteiger partial charge is 0.492 e. The molecule has 0 bridgehead atoms. The van der Waals surface area contributed by atoms with E-state index in [2.05, 4.69) is 0 Å². The van der Waals surface area contributed by atoms with E-state index in [-0.39, 0.29) is 0 Å². The number of carboxylic acids is 1. The first-order valence-electron chi connectivity index (χ1n) is 8.16. The van der Waals surface area contributed by atoms with Crippen LogP contribution in [0.1, 0.15) is 42.5 Å². The molecule has 24 heavy (non-hydrogen) atoms. The fourth-order valence-corrected chi connectivity index (χ4v) is 3.62. The van der Waals surface area contributed by atoms with Gasteiger partial charge in [-0.2, -0.15) is 0 Å². The van der Waals surface area contributed by atoms with Gasteiger partial charge in [0, 0.05) is 11.3 Å². The Morgan fingerprint density at radius 2 is 2.00 bits per heavy atom. The Hall–Kier alpha value is -1.59. The standard InChI is InChI=1S/C19H22O3S2/c20-19(21)15-9-3-6-12-18(15)24-14-8-2-1-7-13-22-16-10-4-5-11-17(16)23/h3-6,9-10,12H,1-2,7-8,11,13-14H2,(H,20,21). The van der Waals surface area contributed by atoms with E-state index in [0.717, 1.165) is 53.4 Å². The highest BCUT2D eigenvalue weighted by Gasteiger charge is 2.09. The van der Waals surface area contributed by atoms with Crippen molar-refractivity contribution in [3.8, 4) is 0 Å². The highest BCUT2D eigenvalue weighted by molar-refractivity contribution is 7.99. The Kier molecular flexibility index (Phi) is 8.05. The van der Waals surface area contributed by atoms with E-state index in [1.807, 2.05) is 30.4 Å². The number of carbonyl (C=O) groups is 1. The smallest absolute Gasteiger partial charge is 0.336 e. The molecule has 0 fully saturated rings. The maximum Gasteiger partial charge on any atom is 0.336 e. The summed E-state index contributed by atoms with van der Waals surface area (Å²) in [6.45, 7) is 0.703. The fourth-order valence-electron chi connectivity index (χ4n) is 2.34. The lowest BCUT2D eigenvalue weighted by Gasteiger charge is -2.12. The highest BCUT2D eigenvalue weighted by atomic mass is 32.2. The molecule has 0 aliphatic heterocycles. The van der Waals surface area contributed by atoms with E-state index >= 15 is 0 Å². The molecule has 0 amide bonds. The van der Waals surface area contributed by atoms with Gasteiger partial charge >= 0.3 is 5.97 Å². The number of ether oxygens (including phenoxy) is 1. The van der Waals surface area contributed by atoms with Gasteiger partial charge in [-0.25, -0.2) is 4.79 Å². The molecule has 1 aliphatic rings. The third kappa shape index (κ3) is 6.13. The minimum Gasteiger partial charge on any atom is -0.492 e. The second-order valence-electron chi connectivity index (χ2n) is 5.50. The van der Waals surface area contributed by atoms with Gasteiger partial charge in [-0.15, -0.1) is 11.8 Å². The molecule has 0 unspecified atom stereocenters. The summed E-state index contributed by atoms with van der Waals surface area (Å²) in [5.41, 5.74) is 0.390. The summed E-state index contributed by atoms with van der Waals surface area (Å²) < 4.78 is 5.71. The molecule has 0 saturated heterocycles. The van der Waals surface area contributed by atoms with Gasteiger partial charge in [-0.1, -0.05) is 49.3 Å². The number of hydrogen-bond acceptors (Lipinski definition) is 4. The summed E-state index contributed by atoms with van der Waals surface area (Å²) >= 11 is 6.86. The van der Waals surface area contributed by atoms with Gasteiger partial charge in [0.25, 0.3) is 0 Å². The molecule has 5 heteroatoms. The van der Waals surface area contributed by atoms with Crippen molar-refractivity contribution in [2.24, 2.45) is 0 Å². The molecule has 1 aliphatic carbocycles. The molecule has 0 aromatic heterocycles. The van der Waals surface area contributed by atoms with Crippen molar-refractivity contribution in [3.05, 3.63) is 53.8 Å². The van der Waals surface area contributed by atoms with Crippen molar-refractivity contribution in [1.82, 2.24) is 0 Å². The lowest BCUT2D eigenvalue weighted by molar-refractivity contribution is 0.0693. The maximum atomic E-state index is 11.1. The van der Waals surface area contributed by atoms with Gasteiger partial charge in [0.1, 0.15) is 5.76 Å². The predicted octanol–water partition coefficient (Wildman–Crippen LogP) is 5.27. The molecule has 0 spiro atoms. The number of unbranched alkanes of at least 4 members (excludes halogenated alkanes) is 3. The molecule has 2 rings (SSSR count). The first-order valence-corrected chi connectivity index (χ1v) is 9.56. The van der Waals surface area contributed by atoms with Crippen molar-refractivity contribution in [2.45, 2.75) is 37.0 Å². The van der Waals surface area contributed by atoms with Crippen molar-refractivity contribution in [1.29, 1.82) is 0 Å². The van der Waals surface area contributed by atoms with E-state index in [4.69, 9.17) is 22.1 Å². The van der Waals surface area contributed by atoms with Gasteiger partial charge in [0.15, 0.2) is 0 Å². The van der Waals surface area contributed by atoms with Crippen LogP contribution in [-0.4, -0.2) is 28.3 Å². The third-order valence-electron chi connectivity index (χ3n) is 3.63. The van der Waals surface area contributed by atoms with Crippen LogP contribution < -0.4 is 0 Å². The molecule has 128 valence electrons. The van der Waals surface area contributed by atoms with Gasteiger partial charge < -0.3 is 9.84 Å². The topological polar surface area (TPSA) is 46.5 Å². The van der Waals surface area contributed by atoms with Crippen LogP contribution in [0.15, 0.2) is 53.1 Å². The first-order chi connectivity index (χ1) is 11.7. The number of thiocarbonyl (C=S) groups is 1. The average molecular weight is 363 g/mol. The van der Waals surface area contributed by atoms with Crippen LogP contribution in [-0.2, 0) is 4.74 Å². The normalized spacial score (nSPS) is 13.7. The molecular formula is C19H22O3S2. The molecule has 1 N–H and O–H groups in total. The summed E-state index contributed by atoms with van der Waals surface area (Å²) in [7, 11) is 0. The van der Waals surface area contributed by atoms with E-state index < -0.39 is 5.97 Å². The van der Waals surface area contributed by atoms with E-state index in [1.165, 1.54) is 0 Å². The van der Waals surface area contributed by atoms with Crippen LogP contribution in [0.2, 0.25) is 0 Å². The van der Waals surface area contributed by atoms with Gasteiger partial charge in [0.05, 0.1) is 17.0 Å². The minimum absolute atomic E-state index is 0.390. The Morgan fingerprint density at radius 3 is 2.79 bits per heavy atom. The summed E-state index contributed by atoms with van der Waals surface area (Å²) in [5, 5.41) is 9.15. The Labute approximate surface area is 152 Å². The molecule has 0 atom stereocenters. The Morgan fingerprint density at radius 1 is 1.21 bits per heavy atom. The van der Waals surface area contributed by atoms with Gasteiger partial charge in [-0.3, -0.25) is 0 Å². The van der Waals surface area contributed by atoms with Crippen LogP contribution in [0, 0.1) is 0 Å². The highest BCUT2D eigenvalue weighted by Crippen LogP contribution is 2.24. The molecule has 0 saturated carbocycles. The second-order valence-corrected chi connectivity index (χ2v) is 7.13. The van der Waals surface area contributed by atoms with Crippen molar-refractivity contribution >= 4 is 34.8 Å². The maximum absolute atomic E-state index is 11.1. The molecule has 1 aromatic rings. The van der Waals surface area contributed by atoms with Gasteiger partial charge in [-0.05, 0) is 36.8 Å². The minimum atomic E-state index is -0.861. The van der Waals surface area contributed by atoms with Crippen molar-refractivity contribution < 1.29 is 14.6 Å². The quantitative estimate of drug-likeness (QED) is 0.349. The Balaban J connectivity index is 1.56. The number of aromatic carboxylic acids is 1. The van der Waals surface area contributed by atoms with E-state index in [9.17, 15) is 4.79 Å². The first kappa shape index (κ1) is 18.7. The van der Waals surface area contributed by atoms with Crippen molar-refractivity contribution in [3.63, 3.8) is 0 Å². The second kappa shape index (κ2) is 10.3. The number of allylic oxidation sites excluding steroid dienone is 4. The monoisotopic (exact) mass is 362 g/mol. The summed E-state index contributed by atoms with van der Waals surface area (Å²) in [5.74, 6) is 0.916. The molecular weight excluding hydrogens is 340 g/mol. The van der Waals surface area contributed by atoms with E-state index in [1.54, 1.807) is 23.9 Å². The lowest BCUT2D eigenvalue weighted by atomic mass is 10.1. The van der Waals surface area contributed by atoms with E-state index in [0.29, 0.717) is 12.2 Å². The zero-order valence-corrected chi connectivity index (χ0v) is 15.2. The molecule has 3 nitrogen and oxygen atoms in total. The number of hydrogen-bond donors (Lipinski definition) is 1.